The van der Waals surface area contributed by atoms with Crippen molar-refractivity contribution in [2.45, 2.75) is 19.4 Å². The maximum Gasteiger partial charge on any atom is 0.267 e. The predicted octanol–water partition coefficient (Wildman–Crippen LogP) is 0.919. The first kappa shape index (κ1) is 11.4. The number of carbonyl (C=O) groups is 2. The summed E-state index contributed by atoms with van der Waals surface area (Å²) in [5.41, 5.74) is 6.14. The highest BCUT2D eigenvalue weighted by molar-refractivity contribution is 6.01. The molecule has 2 rings (SSSR count). The van der Waals surface area contributed by atoms with E-state index in [4.69, 9.17) is 10.5 Å². The molecule has 0 radical (unpaired) electrons. The Kier molecular flexibility index (Phi) is 2.75. The predicted molar refractivity (Wildman–Crippen MR) is 63.1 cm³/mol. The average molecular weight is 234 g/mol. The second-order valence-electron chi connectivity index (χ2n) is 3.96. The van der Waals surface area contributed by atoms with E-state index in [9.17, 15) is 9.59 Å². The fraction of sp³-hybridized carbons (Fsp3) is 0.333. The molecule has 1 heterocycles. The van der Waals surface area contributed by atoms with Crippen LogP contribution < -0.4 is 15.4 Å². The molecule has 1 aliphatic rings. The molecule has 17 heavy (non-hydrogen) atoms. The third-order valence-electron chi connectivity index (χ3n) is 2.85. The van der Waals surface area contributed by atoms with Crippen LogP contribution in [0.1, 0.15) is 23.7 Å². The summed E-state index contributed by atoms with van der Waals surface area (Å²) in [6.07, 6.45) is 0.159. The molecule has 1 aromatic rings. The molecule has 1 unspecified atom stereocenters. The van der Waals surface area contributed by atoms with Crippen LogP contribution in [0.25, 0.3) is 0 Å². The normalized spacial score (nSPS) is 18.6. The Balaban J connectivity index is 2.46. The van der Waals surface area contributed by atoms with E-state index in [1.165, 1.54) is 4.90 Å². The number of benzene rings is 1. The van der Waals surface area contributed by atoms with Gasteiger partial charge in [0.15, 0.2) is 6.10 Å². The highest BCUT2D eigenvalue weighted by Crippen LogP contribution is 2.34. The van der Waals surface area contributed by atoms with Gasteiger partial charge in [-0.15, -0.1) is 0 Å². The lowest BCUT2D eigenvalue weighted by molar-refractivity contribution is -0.126. The Morgan fingerprint density at radius 2 is 2.24 bits per heavy atom. The number of ether oxygens (including phenoxy) is 1. The van der Waals surface area contributed by atoms with Crippen LogP contribution in [-0.4, -0.2) is 25.0 Å². The van der Waals surface area contributed by atoms with Crippen LogP contribution in [0.3, 0.4) is 0 Å². The Morgan fingerprint density at radius 1 is 1.53 bits per heavy atom. The molecule has 5 heteroatoms. The van der Waals surface area contributed by atoms with Gasteiger partial charge in [-0.3, -0.25) is 9.59 Å². The van der Waals surface area contributed by atoms with Gasteiger partial charge in [-0.25, -0.2) is 0 Å². The van der Waals surface area contributed by atoms with E-state index in [0.29, 0.717) is 23.4 Å². The number of carbonyl (C=O) groups excluding carboxylic acids is 2. The lowest BCUT2D eigenvalue weighted by Crippen LogP contribution is -2.43. The first-order valence-corrected chi connectivity index (χ1v) is 5.42. The molecule has 5 nitrogen and oxygen atoms in total. The van der Waals surface area contributed by atoms with Gasteiger partial charge in [0.1, 0.15) is 5.75 Å². The molecule has 0 saturated carbocycles. The highest BCUT2D eigenvalue weighted by atomic mass is 16.5. The molecule has 1 aliphatic heterocycles. The summed E-state index contributed by atoms with van der Waals surface area (Å²) in [5, 5.41) is 0. The van der Waals surface area contributed by atoms with Crippen LogP contribution in [0.5, 0.6) is 5.75 Å². The first-order chi connectivity index (χ1) is 8.04. The molecule has 1 aromatic carbocycles. The molecule has 90 valence electrons. The molecule has 0 aliphatic carbocycles. The van der Waals surface area contributed by atoms with Gasteiger partial charge < -0.3 is 15.4 Å². The van der Waals surface area contributed by atoms with E-state index < -0.39 is 12.0 Å². The summed E-state index contributed by atoms with van der Waals surface area (Å²) in [6.45, 7) is 1.89. The van der Waals surface area contributed by atoms with E-state index in [-0.39, 0.29) is 5.91 Å². The van der Waals surface area contributed by atoms with Gasteiger partial charge in [0, 0.05) is 12.6 Å². The molecular weight excluding hydrogens is 220 g/mol. The van der Waals surface area contributed by atoms with Gasteiger partial charge >= 0.3 is 0 Å². The van der Waals surface area contributed by atoms with E-state index in [1.807, 2.05) is 6.92 Å². The van der Waals surface area contributed by atoms with E-state index in [2.05, 4.69) is 0 Å². The fourth-order valence-corrected chi connectivity index (χ4v) is 1.83. The van der Waals surface area contributed by atoms with Gasteiger partial charge in [-0.1, -0.05) is 6.92 Å². The van der Waals surface area contributed by atoms with Crippen LogP contribution in [0.4, 0.5) is 5.69 Å². The van der Waals surface area contributed by atoms with Crippen LogP contribution in [0.2, 0.25) is 0 Å². The third kappa shape index (κ3) is 1.84. The number of nitrogens with two attached hydrogens (primary N) is 1. The number of nitrogens with zero attached hydrogens (tertiary/aromatic N) is 1. The minimum atomic E-state index is -0.522. The zero-order valence-corrected chi connectivity index (χ0v) is 9.77. The largest absolute Gasteiger partial charge is 0.478 e. The molecular formula is C12H14N2O3. The number of anilines is 1. The number of likely N-dealkylation sites (N-methyl/N-ethyl adjacent to an activating group) is 1. The van der Waals surface area contributed by atoms with Crippen LogP contribution >= 0.6 is 0 Å². The lowest BCUT2D eigenvalue weighted by Gasteiger charge is -2.31. The van der Waals surface area contributed by atoms with Gasteiger partial charge in [0.25, 0.3) is 5.91 Å². The van der Waals surface area contributed by atoms with E-state index in [1.54, 1.807) is 25.2 Å². The van der Waals surface area contributed by atoms with Gasteiger partial charge in [-0.05, 0) is 24.6 Å². The topological polar surface area (TPSA) is 72.6 Å². The van der Waals surface area contributed by atoms with Crippen molar-refractivity contribution in [2.75, 3.05) is 11.9 Å². The van der Waals surface area contributed by atoms with Crippen LogP contribution in [-0.2, 0) is 4.79 Å². The second kappa shape index (κ2) is 4.08. The summed E-state index contributed by atoms with van der Waals surface area (Å²) >= 11 is 0. The van der Waals surface area contributed by atoms with Crippen molar-refractivity contribution in [1.82, 2.24) is 0 Å². The van der Waals surface area contributed by atoms with Crippen molar-refractivity contribution in [3.63, 3.8) is 0 Å². The summed E-state index contributed by atoms with van der Waals surface area (Å²) < 4.78 is 5.56. The molecule has 2 N–H and O–H groups in total. The van der Waals surface area contributed by atoms with Gasteiger partial charge in [-0.2, -0.15) is 0 Å². The van der Waals surface area contributed by atoms with Crippen molar-refractivity contribution in [3.05, 3.63) is 23.8 Å². The van der Waals surface area contributed by atoms with Gasteiger partial charge in [0.05, 0.1) is 5.69 Å². The summed E-state index contributed by atoms with van der Waals surface area (Å²) in [5.74, 6) is -0.0307. The van der Waals surface area contributed by atoms with Crippen molar-refractivity contribution < 1.29 is 14.3 Å². The standard InChI is InChI=1S/C12H14N2O3/c1-3-9-12(16)14(2)8-6-7(11(13)15)4-5-10(8)17-9/h4-6,9H,3H2,1-2H3,(H2,13,15). The third-order valence-corrected chi connectivity index (χ3v) is 2.85. The molecule has 0 aromatic heterocycles. The molecule has 0 saturated heterocycles. The molecule has 0 bridgehead atoms. The molecule has 1 atom stereocenters. The lowest BCUT2D eigenvalue weighted by atomic mass is 10.1. The number of hydrogen-bond acceptors (Lipinski definition) is 3. The second-order valence-corrected chi connectivity index (χ2v) is 3.96. The number of hydrogen-bond donors (Lipinski definition) is 1. The Morgan fingerprint density at radius 3 is 2.82 bits per heavy atom. The monoisotopic (exact) mass is 234 g/mol. The van der Waals surface area contributed by atoms with Crippen molar-refractivity contribution in [2.24, 2.45) is 5.73 Å². The van der Waals surface area contributed by atoms with Crippen molar-refractivity contribution in [3.8, 4) is 5.75 Å². The molecule has 0 spiro atoms. The average Bonchev–Trinajstić information content (AvgIpc) is 2.33. The smallest absolute Gasteiger partial charge is 0.267 e. The Bertz CT molecular complexity index is 485. The maximum atomic E-state index is 11.9. The number of fused-ring (bicyclic) bond motifs is 1. The van der Waals surface area contributed by atoms with Gasteiger partial charge in [0.2, 0.25) is 5.91 Å². The minimum Gasteiger partial charge on any atom is -0.478 e. The molecule has 0 fully saturated rings. The Hall–Kier alpha value is -2.04. The fourth-order valence-electron chi connectivity index (χ4n) is 1.83. The maximum absolute atomic E-state index is 11.9. The molecule has 2 amide bonds. The highest BCUT2D eigenvalue weighted by Gasteiger charge is 2.31. The Labute approximate surface area is 99.2 Å². The zero-order chi connectivity index (χ0) is 12.6. The van der Waals surface area contributed by atoms with Crippen LogP contribution in [0, 0.1) is 0 Å². The minimum absolute atomic E-state index is 0.110. The zero-order valence-electron chi connectivity index (χ0n) is 9.77. The number of rotatable bonds is 2. The van der Waals surface area contributed by atoms with E-state index >= 15 is 0 Å². The number of primary amides is 1. The summed E-state index contributed by atoms with van der Waals surface area (Å²) in [7, 11) is 1.66. The van der Waals surface area contributed by atoms with Crippen molar-refractivity contribution >= 4 is 17.5 Å². The first-order valence-electron chi connectivity index (χ1n) is 5.42. The van der Waals surface area contributed by atoms with Crippen molar-refractivity contribution in [1.29, 1.82) is 0 Å². The number of amides is 2. The van der Waals surface area contributed by atoms with E-state index in [0.717, 1.165) is 0 Å². The SMILES string of the molecule is CCC1Oc2ccc(C(N)=O)cc2N(C)C1=O. The van der Waals surface area contributed by atoms with Crippen LogP contribution in [0.15, 0.2) is 18.2 Å². The summed E-state index contributed by atoms with van der Waals surface area (Å²) in [4.78, 5) is 24.5. The summed E-state index contributed by atoms with van der Waals surface area (Å²) in [6, 6.07) is 4.83. The quantitative estimate of drug-likeness (QED) is 0.827.